The summed E-state index contributed by atoms with van der Waals surface area (Å²) in [6.45, 7) is 8.84. The number of thioether (sulfide) groups is 1. The molecule has 0 saturated carbocycles. The predicted octanol–water partition coefficient (Wildman–Crippen LogP) is 3.33. The van der Waals surface area contributed by atoms with Crippen molar-refractivity contribution in [2.45, 2.75) is 27.2 Å². The van der Waals surface area contributed by atoms with Crippen molar-refractivity contribution < 1.29 is 9.53 Å². The molecule has 2 fully saturated rings. The largest absolute Gasteiger partial charge is 0.383 e. The number of nitrogens with zero attached hydrogens (tertiary/aromatic N) is 4. The smallest absolute Gasteiger partial charge is 0.267 e. The first-order chi connectivity index (χ1) is 15.3. The molecule has 170 valence electrons. The summed E-state index contributed by atoms with van der Waals surface area (Å²) in [6.07, 6.45) is 4.55. The van der Waals surface area contributed by atoms with E-state index in [4.69, 9.17) is 21.9 Å². The number of pyridine rings is 1. The van der Waals surface area contributed by atoms with Gasteiger partial charge >= 0.3 is 0 Å². The lowest BCUT2D eigenvalue weighted by Gasteiger charge is -2.36. The molecule has 0 spiro atoms. The zero-order valence-corrected chi connectivity index (χ0v) is 20.5. The number of carbonyl (C=O) groups excluding carboxylic acids is 1. The maximum atomic E-state index is 13.6. The van der Waals surface area contributed by atoms with Gasteiger partial charge < -0.3 is 9.64 Å². The first-order valence-corrected chi connectivity index (χ1v) is 12.0. The van der Waals surface area contributed by atoms with Crippen molar-refractivity contribution >= 4 is 51.7 Å². The Balaban J connectivity index is 1.85. The Bertz CT molecular complexity index is 1150. The summed E-state index contributed by atoms with van der Waals surface area (Å²) in [5.41, 5.74) is 1.83. The van der Waals surface area contributed by atoms with Crippen molar-refractivity contribution in [2.24, 2.45) is 11.8 Å². The van der Waals surface area contributed by atoms with E-state index in [-0.39, 0.29) is 11.5 Å². The quantitative estimate of drug-likeness (QED) is 0.488. The zero-order chi connectivity index (χ0) is 23.0. The average Bonchev–Trinajstić information content (AvgIpc) is 3.00. The second kappa shape index (κ2) is 9.33. The minimum atomic E-state index is -0.197. The zero-order valence-electron chi connectivity index (χ0n) is 18.8. The van der Waals surface area contributed by atoms with Crippen LogP contribution in [0.5, 0.6) is 0 Å². The van der Waals surface area contributed by atoms with Crippen molar-refractivity contribution in [2.75, 3.05) is 38.3 Å². The minimum Gasteiger partial charge on any atom is -0.383 e. The van der Waals surface area contributed by atoms with Gasteiger partial charge in [-0.15, -0.1) is 0 Å². The summed E-state index contributed by atoms with van der Waals surface area (Å²) in [4.78, 5) is 35.7. The Morgan fingerprint density at radius 2 is 2.00 bits per heavy atom. The molecule has 2 atom stereocenters. The Hall–Kier alpha value is -2.23. The van der Waals surface area contributed by atoms with Gasteiger partial charge in [-0.2, -0.15) is 0 Å². The third-order valence-corrected chi connectivity index (χ3v) is 7.28. The maximum absolute atomic E-state index is 13.6. The number of methoxy groups -OCH3 is 1. The molecule has 4 heterocycles. The van der Waals surface area contributed by atoms with E-state index in [1.165, 1.54) is 16.7 Å². The van der Waals surface area contributed by atoms with Gasteiger partial charge in [0.2, 0.25) is 0 Å². The van der Waals surface area contributed by atoms with Gasteiger partial charge in [0, 0.05) is 26.4 Å². The number of aryl methyl sites for hydroxylation is 1. The summed E-state index contributed by atoms with van der Waals surface area (Å²) in [5, 5.41) is 0. The minimum absolute atomic E-state index is 0.179. The highest BCUT2D eigenvalue weighted by Crippen LogP contribution is 2.34. The number of anilines is 1. The summed E-state index contributed by atoms with van der Waals surface area (Å²) in [6, 6.07) is 3.79. The van der Waals surface area contributed by atoms with E-state index in [9.17, 15) is 9.59 Å². The fourth-order valence-corrected chi connectivity index (χ4v) is 5.80. The Labute approximate surface area is 197 Å². The van der Waals surface area contributed by atoms with Crippen molar-refractivity contribution in [3.05, 3.63) is 44.7 Å². The maximum Gasteiger partial charge on any atom is 0.267 e. The number of fused-ring (bicyclic) bond motifs is 1. The van der Waals surface area contributed by atoms with Crippen molar-refractivity contribution in [3.8, 4) is 0 Å². The molecular weight excluding hydrogens is 444 g/mol. The fourth-order valence-electron chi connectivity index (χ4n) is 4.51. The number of piperidine rings is 1. The average molecular weight is 473 g/mol. The number of rotatable bonds is 5. The summed E-state index contributed by atoms with van der Waals surface area (Å²) >= 11 is 6.62. The van der Waals surface area contributed by atoms with Gasteiger partial charge in [-0.1, -0.05) is 43.9 Å². The SMILES string of the molecule is COCCN1C(=O)/C(=C/c2c(N3C[C@H](C)C[C@H](C)C3)nc3c(C)cccn3c2=O)SC1=S. The molecule has 0 bridgehead atoms. The van der Waals surface area contributed by atoms with Crippen LogP contribution in [0.3, 0.4) is 0 Å². The molecule has 0 N–H and O–H groups in total. The summed E-state index contributed by atoms with van der Waals surface area (Å²) in [7, 11) is 1.59. The Morgan fingerprint density at radius 1 is 1.28 bits per heavy atom. The number of hydrogen-bond donors (Lipinski definition) is 0. The molecule has 0 aliphatic carbocycles. The third kappa shape index (κ3) is 4.33. The van der Waals surface area contributed by atoms with Crippen LogP contribution in [0.25, 0.3) is 11.7 Å². The molecule has 4 rings (SSSR count). The number of aromatic nitrogens is 2. The van der Waals surface area contributed by atoms with Crippen LogP contribution in [0.4, 0.5) is 5.82 Å². The highest BCUT2D eigenvalue weighted by Gasteiger charge is 2.33. The van der Waals surface area contributed by atoms with E-state index < -0.39 is 0 Å². The molecule has 0 radical (unpaired) electrons. The number of hydrogen-bond acceptors (Lipinski definition) is 7. The molecule has 2 aromatic rings. The van der Waals surface area contributed by atoms with Crippen LogP contribution in [0.15, 0.2) is 28.0 Å². The van der Waals surface area contributed by atoms with Crippen molar-refractivity contribution in [1.82, 2.24) is 14.3 Å². The van der Waals surface area contributed by atoms with Crippen LogP contribution in [0.1, 0.15) is 31.4 Å². The van der Waals surface area contributed by atoms with E-state index in [2.05, 4.69) is 18.7 Å². The van der Waals surface area contributed by atoms with Gasteiger partial charge in [-0.05, 0) is 42.9 Å². The van der Waals surface area contributed by atoms with E-state index in [0.29, 0.717) is 51.2 Å². The molecular formula is C23H28N4O3S2. The first-order valence-electron chi connectivity index (χ1n) is 10.8. The van der Waals surface area contributed by atoms with Crippen molar-refractivity contribution in [1.29, 1.82) is 0 Å². The number of carbonyl (C=O) groups is 1. The molecule has 2 aromatic heterocycles. The lowest BCUT2D eigenvalue weighted by molar-refractivity contribution is -0.122. The second-order valence-electron chi connectivity index (χ2n) is 8.72. The topological polar surface area (TPSA) is 67.2 Å². The van der Waals surface area contributed by atoms with Crippen LogP contribution >= 0.6 is 24.0 Å². The molecule has 7 nitrogen and oxygen atoms in total. The van der Waals surface area contributed by atoms with E-state index >= 15 is 0 Å². The summed E-state index contributed by atoms with van der Waals surface area (Å²) in [5.74, 6) is 1.44. The van der Waals surface area contributed by atoms with E-state index in [0.717, 1.165) is 25.1 Å². The Morgan fingerprint density at radius 3 is 2.69 bits per heavy atom. The fraction of sp³-hybridized carbons (Fsp3) is 0.478. The molecule has 0 aromatic carbocycles. The van der Waals surface area contributed by atoms with Crippen molar-refractivity contribution in [3.63, 3.8) is 0 Å². The lowest BCUT2D eigenvalue weighted by atomic mass is 9.91. The normalized spacial score (nSPS) is 23.1. The van der Waals surface area contributed by atoms with Crippen LogP contribution in [0, 0.1) is 18.8 Å². The monoisotopic (exact) mass is 472 g/mol. The molecule has 32 heavy (non-hydrogen) atoms. The number of thiocarbonyl (C=S) groups is 1. The standard InChI is InChI=1S/C23H28N4O3S2/c1-14-10-15(2)13-25(12-14)20-17(21(28)26-7-5-6-16(3)19(26)24-20)11-18-22(29)27(8-9-30-4)23(31)32-18/h5-7,11,14-15H,8-10,12-13H2,1-4H3/b18-11-/t14-,15+. The molecule has 2 saturated heterocycles. The lowest BCUT2D eigenvalue weighted by Crippen LogP contribution is -2.40. The molecule has 1 amide bonds. The van der Waals surface area contributed by atoms with Gasteiger partial charge in [0.05, 0.1) is 23.6 Å². The molecule has 2 aliphatic heterocycles. The summed E-state index contributed by atoms with van der Waals surface area (Å²) < 4.78 is 7.14. The number of amides is 1. The van der Waals surface area contributed by atoms with Gasteiger partial charge in [-0.25, -0.2) is 4.98 Å². The van der Waals surface area contributed by atoms with Crippen LogP contribution < -0.4 is 10.5 Å². The molecule has 0 unspecified atom stereocenters. The highest BCUT2D eigenvalue weighted by atomic mass is 32.2. The second-order valence-corrected chi connectivity index (χ2v) is 10.4. The van der Waals surface area contributed by atoms with Crippen LogP contribution in [-0.4, -0.2) is 57.9 Å². The molecule has 2 aliphatic rings. The number of ether oxygens (including phenoxy) is 1. The van der Waals surface area contributed by atoms with Gasteiger partial charge in [0.1, 0.15) is 15.8 Å². The molecule has 9 heteroatoms. The predicted molar refractivity (Wildman–Crippen MR) is 133 cm³/mol. The first kappa shape index (κ1) is 22.9. The van der Waals surface area contributed by atoms with Gasteiger partial charge in [-0.3, -0.25) is 18.9 Å². The highest BCUT2D eigenvalue weighted by molar-refractivity contribution is 8.26. The van der Waals surface area contributed by atoms with E-state index in [1.807, 2.05) is 19.1 Å². The Kier molecular flexibility index (Phi) is 6.69. The van der Waals surface area contributed by atoms with Crippen LogP contribution in [-0.2, 0) is 9.53 Å². The third-order valence-electron chi connectivity index (χ3n) is 5.90. The van der Waals surface area contributed by atoms with Crippen LogP contribution in [0.2, 0.25) is 0 Å². The van der Waals surface area contributed by atoms with Gasteiger partial charge in [0.15, 0.2) is 0 Å². The van der Waals surface area contributed by atoms with E-state index in [1.54, 1.807) is 23.8 Å². The van der Waals surface area contributed by atoms with Gasteiger partial charge in [0.25, 0.3) is 11.5 Å².